The number of halogens is 4. The van der Waals surface area contributed by atoms with E-state index in [1.165, 1.54) is 0 Å². The van der Waals surface area contributed by atoms with E-state index in [1.54, 1.807) is 0 Å². The molecule has 0 aromatic rings. The highest BCUT2D eigenvalue weighted by Crippen LogP contribution is 2.23. The second-order valence-corrected chi connectivity index (χ2v) is 5.24. The molecule has 0 saturated heterocycles. The number of hydrogen-bond acceptors (Lipinski definition) is 0. The van der Waals surface area contributed by atoms with Crippen LogP contribution in [0.3, 0.4) is 0 Å². The van der Waals surface area contributed by atoms with Crippen LogP contribution in [0, 0.1) is 0 Å². The van der Waals surface area contributed by atoms with E-state index in [9.17, 15) is 0 Å². The molecule has 0 nitrogen and oxygen atoms in total. The first-order valence-corrected chi connectivity index (χ1v) is 5.79. The van der Waals surface area contributed by atoms with E-state index in [-0.39, 0.29) is 21.5 Å². The number of alkyl halides is 4. The maximum Gasteiger partial charge on any atom is 0.0514 e. The molecular weight excluding hydrogens is 238 g/mol. The lowest BCUT2D eigenvalue weighted by molar-refractivity contribution is 0.648. The van der Waals surface area contributed by atoms with E-state index in [1.807, 2.05) is 13.8 Å². The lowest BCUT2D eigenvalue weighted by Gasteiger charge is -2.18. The summed E-state index contributed by atoms with van der Waals surface area (Å²) in [4.78, 5) is 0. The van der Waals surface area contributed by atoms with Gasteiger partial charge in [-0.3, -0.25) is 0 Å². The predicted octanol–water partition coefficient (Wildman–Crippen LogP) is 4.24. The van der Waals surface area contributed by atoms with Crippen molar-refractivity contribution in [1.82, 2.24) is 0 Å². The highest BCUT2D eigenvalue weighted by molar-refractivity contribution is 6.32. The van der Waals surface area contributed by atoms with E-state index >= 15 is 0 Å². The molecule has 0 N–H and O–H groups in total. The highest BCUT2D eigenvalue weighted by Gasteiger charge is 2.21. The molecule has 0 aromatic carbocycles. The van der Waals surface area contributed by atoms with Crippen LogP contribution in [0.5, 0.6) is 0 Å². The average Bonchev–Trinajstić information content (AvgIpc) is 2.02. The first kappa shape index (κ1) is 13.2. The predicted molar refractivity (Wildman–Crippen MR) is 59.1 cm³/mol. The third kappa shape index (κ3) is 5.01. The molecule has 0 aliphatic rings. The molecule has 0 aromatic heterocycles. The Labute approximate surface area is 94.5 Å². The Morgan fingerprint density at radius 3 is 1.75 bits per heavy atom. The molecule has 12 heavy (non-hydrogen) atoms. The van der Waals surface area contributed by atoms with E-state index in [4.69, 9.17) is 46.4 Å². The summed E-state index contributed by atoms with van der Waals surface area (Å²) in [6.07, 6.45) is 1.52. The molecule has 0 spiro atoms. The largest absolute Gasteiger partial charge is 0.122 e. The molecular formula is C8H14Cl4. The van der Waals surface area contributed by atoms with E-state index in [0.717, 1.165) is 6.42 Å². The van der Waals surface area contributed by atoms with E-state index in [2.05, 4.69) is 0 Å². The van der Waals surface area contributed by atoms with Crippen molar-refractivity contribution in [2.45, 2.75) is 48.2 Å². The molecule has 0 fully saturated rings. The van der Waals surface area contributed by atoms with Gasteiger partial charge in [0.1, 0.15) is 0 Å². The minimum absolute atomic E-state index is 0.0108. The average molecular weight is 252 g/mol. The summed E-state index contributed by atoms with van der Waals surface area (Å²) in [6, 6.07) is 0. The summed E-state index contributed by atoms with van der Waals surface area (Å²) in [6.45, 7) is 3.86. The molecule has 0 saturated carbocycles. The Bertz CT molecular complexity index is 116. The van der Waals surface area contributed by atoms with Gasteiger partial charge >= 0.3 is 0 Å². The Balaban J connectivity index is 3.75. The molecule has 4 unspecified atom stereocenters. The van der Waals surface area contributed by atoms with E-state index < -0.39 is 0 Å². The molecule has 0 radical (unpaired) electrons. The summed E-state index contributed by atoms with van der Waals surface area (Å²) >= 11 is 23.6. The second kappa shape index (κ2) is 6.59. The van der Waals surface area contributed by atoms with Gasteiger partial charge in [0.05, 0.1) is 10.8 Å². The van der Waals surface area contributed by atoms with Gasteiger partial charge in [-0.25, -0.2) is 0 Å². The first-order chi connectivity index (χ1) is 5.49. The van der Waals surface area contributed by atoms with Crippen molar-refractivity contribution in [3.05, 3.63) is 0 Å². The monoisotopic (exact) mass is 250 g/mol. The Kier molecular flexibility index (Phi) is 7.23. The molecule has 0 rings (SSSR count). The van der Waals surface area contributed by atoms with Gasteiger partial charge in [-0.05, 0) is 19.8 Å². The molecule has 0 heterocycles. The lowest BCUT2D eigenvalue weighted by Crippen LogP contribution is -2.22. The van der Waals surface area contributed by atoms with Gasteiger partial charge in [-0.2, -0.15) is 0 Å². The Morgan fingerprint density at radius 1 is 0.917 bits per heavy atom. The van der Waals surface area contributed by atoms with Crippen molar-refractivity contribution in [2.75, 3.05) is 0 Å². The van der Waals surface area contributed by atoms with Crippen molar-refractivity contribution >= 4 is 46.4 Å². The quantitative estimate of drug-likeness (QED) is 0.642. The molecule has 0 amide bonds. The normalized spacial score (nSPS) is 21.5. The highest BCUT2D eigenvalue weighted by atomic mass is 35.5. The molecule has 74 valence electrons. The Morgan fingerprint density at radius 2 is 1.42 bits per heavy atom. The van der Waals surface area contributed by atoms with Crippen LogP contribution in [0.15, 0.2) is 0 Å². The van der Waals surface area contributed by atoms with Crippen LogP contribution in [0.25, 0.3) is 0 Å². The summed E-state index contributed by atoms with van der Waals surface area (Å²) in [5, 5.41) is -0.251. The molecule has 0 bridgehead atoms. The van der Waals surface area contributed by atoms with Crippen LogP contribution in [0.1, 0.15) is 26.7 Å². The minimum Gasteiger partial charge on any atom is -0.122 e. The van der Waals surface area contributed by atoms with Crippen LogP contribution in [0.2, 0.25) is 0 Å². The van der Waals surface area contributed by atoms with Gasteiger partial charge in [0.2, 0.25) is 0 Å². The first-order valence-electron chi connectivity index (χ1n) is 4.05. The molecule has 0 aliphatic heterocycles. The summed E-state index contributed by atoms with van der Waals surface area (Å²) in [5.41, 5.74) is 0. The van der Waals surface area contributed by atoms with Crippen molar-refractivity contribution in [1.29, 1.82) is 0 Å². The smallest absolute Gasteiger partial charge is 0.0514 e. The third-order valence-corrected chi connectivity index (χ3v) is 3.94. The molecule has 4 heteroatoms. The SMILES string of the molecule is CCC(Cl)C(Cl)CC(Cl)C(C)Cl. The van der Waals surface area contributed by atoms with Crippen LogP contribution in [-0.4, -0.2) is 21.5 Å². The standard InChI is InChI=1S/C8H14Cl4/c1-3-6(10)8(12)4-7(11)5(2)9/h5-8H,3-4H2,1-2H3. The fourth-order valence-corrected chi connectivity index (χ4v) is 1.67. The van der Waals surface area contributed by atoms with Gasteiger partial charge in [0.15, 0.2) is 0 Å². The van der Waals surface area contributed by atoms with Crippen molar-refractivity contribution in [3.8, 4) is 0 Å². The fourth-order valence-electron chi connectivity index (χ4n) is 0.806. The Hall–Kier alpha value is 1.16. The zero-order valence-electron chi connectivity index (χ0n) is 7.24. The van der Waals surface area contributed by atoms with Gasteiger partial charge < -0.3 is 0 Å². The topological polar surface area (TPSA) is 0 Å². The van der Waals surface area contributed by atoms with Gasteiger partial charge in [-0.15, -0.1) is 46.4 Å². The van der Waals surface area contributed by atoms with Crippen LogP contribution in [-0.2, 0) is 0 Å². The van der Waals surface area contributed by atoms with Crippen LogP contribution in [0.4, 0.5) is 0 Å². The number of rotatable bonds is 5. The van der Waals surface area contributed by atoms with Gasteiger partial charge in [-0.1, -0.05) is 6.92 Å². The summed E-state index contributed by atoms with van der Waals surface area (Å²) in [7, 11) is 0. The molecule has 0 aliphatic carbocycles. The zero-order chi connectivity index (χ0) is 9.72. The van der Waals surface area contributed by atoms with E-state index in [0.29, 0.717) is 6.42 Å². The lowest BCUT2D eigenvalue weighted by atomic mass is 10.1. The van der Waals surface area contributed by atoms with Gasteiger partial charge in [0, 0.05) is 10.8 Å². The maximum atomic E-state index is 6.00. The minimum atomic E-state index is -0.0954. The summed E-state index contributed by atoms with van der Waals surface area (Å²) < 4.78 is 0. The maximum absolute atomic E-state index is 6.00. The van der Waals surface area contributed by atoms with Crippen molar-refractivity contribution < 1.29 is 0 Å². The van der Waals surface area contributed by atoms with Crippen molar-refractivity contribution in [2.24, 2.45) is 0 Å². The van der Waals surface area contributed by atoms with Crippen molar-refractivity contribution in [3.63, 3.8) is 0 Å². The van der Waals surface area contributed by atoms with Crippen LogP contribution >= 0.6 is 46.4 Å². The third-order valence-electron chi connectivity index (χ3n) is 1.73. The zero-order valence-corrected chi connectivity index (χ0v) is 10.3. The van der Waals surface area contributed by atoms with Crippen LogP contribution < -0.4 is 0 Å². The number of hydrogen-bond donors (Lipinski definition) is 0. The molecule has 4 atom stereocenters. The fraction of sp³-hybridized carbons (Fsp3) is 1.00. The summed E-state index contributed by atoms with van der Waals surface area (Å²) in [5.74, 6) is 0. The van der Waals surface area contributed by atoms with Gasteiger partial charge in [0.25, 0.3) is 0 Å². The second-order valence-electron chi connectivity index (χ2n) is 2.87.